The molecular weight excluding hydrogens is 814 g/mol. The molecule has 0 spiro atoms. The van der Waals surface area contributed by atoms with Gasteiger partial charge in [-0.3, -0.25) is 18.6 Å². The van der Waals surface area contributed by atoms with E-state index in [1.165, 1.54) is 12.8 Å². The first-order valence-corrected chi connectivity index (χ1v) is 25.1. The molecule has 63 heavy (non-hydrogen) atoms. The van der Waals surface area contributed by atoms with Gasteiger partial charge in [0.1, 0.15) is 12.1 Å². The number of carbonyl (C=O) groups is 2. The minimum Gasteiger partial charge on any atom is -0.480 e. The van der Waals surface area contributed by atoms with E-state index in [4.69, 9.17) is 29.4 Å². The smallest absolute Gasteiger partial charge is 0.472 e. The van der Waals surface area contributed by atoms with Crippen molar-refractivity contribution in [2.24, 2.45) is 5.73 Å². The van der Waals surface area contributed by atoms with E-state index in [1.54, 1.807) is 0 Å². The van der Waals surface area contributed by atoms with Crippen LogP contribution < -0.4 is 5.73 Å². The number of carboxylic acid groups (broad SMARTS) is 1. The molecule has 0 aliphatic heterocycles. The normalized spacial score (nSPS) is 14.9. The molecule has 0 aliphatic rings. The molecule has 11 heteroatoms. The summed E-state index contributed by atoms with van der Waals surface area (Å²) in [5.74, 6) is -1.83. The van der Waals surface area contributed by atoms with Crippen LogP contribution in [0.15, 0.2) is 122 Å². The Kier molecular flexibility index (Phi) is 43.7. The van der Waals surface area contributed by atoms with Crippen LogP contribution in [0.3, 0.4) is 0 Å². The van der Waals surface area contributed by atoms with Gasteiger partial charge in [-0.15, -0.1) is 0 Å². The van der Waals surface area contributed by atoms with Crippen LogP contribution in [0.4, 0.5) is 0 Å². The van der Waals surface area contributed by atoms with E-state index in [0.717, 1.165) is 116 Å². The van der Waals surface area contributed by atoms with Gasteiger partial charge in [-0.05, 0) is 103 Å². The topological polar surface area (TPSA) is 155 Å². The van der Waals surface area contributed by atoms with E-state index in [1.807, 2.05) is 0 Å². The maximum atomic E-state index is 12.7. The van der Waals surface area contributed by atoms with E-state index >= 15 is 0 Å². The molecule has 3 atom stereocenters. The summed E-state index contributed by atoms with van der Waals surface area (Å²) in [6, 6.07) is -1.49. The molecule has 3 unspecified atom stereocenters. The molecule has 0 aromatic carbocycles. The third-order valence-electron chi connectivity index (χ3n) is 9.24. The Morgan fingerprint density at radius 1 is 0.508 bits per heavy atom. The number of esters is 1. The quantitative estimate of drug-likeness (QED) is 0.0233. The van der Waals surface area contributed by atoms with Crippen molar-refractivity contribution in [3.05, 3.63) is 122 Å². The van der Waals surface area contributed by atoms with Crippen molar-refractivity contribution in [1.29, 1.82) is 0 Å². The van der Waals surface area contributed by atoms with Gasteiger partial charge in [0.05, 0.1) is 19.8 Å². The maximum Gasteiger partial charge on any atom is 0.472 e. The van der Waals surface area contributed by atoms with E-state index in [-0.39, 0.29) is 13.0 Å². The molecule has 0 aromatic rings. The first-order chi connectivity index (χ1) is 30.7. The summed E-state index contributed by atoms with van der Waals surface area (Å²) in [4.78, 5) is 33.6. The number of ether oxygens (including phenoxy) is 2. The number of carbonyl (C=O) groups excluding carboxylic acids is 1. The molecule has 0 saturated carbocycles. The van der Waals surface area contributed by atoms with Crippen LogP contribution in [-0.2, 0) is 32.7 Å². The van der Waals surface area contributed by atoms with Crippen molar-refractivity contribution in [3.8, 4) is 0 Å². The van der Waals surface area contributed by atoms with Gasteiger partial charge in [0.15, 0.2) is 0 Å². The summed E-state index contributed by atoms with van der Waals surface area (Å²) in [5, 5.41) is 8.92. The summed E-state index contributed by atoms with van der Waals surface area (Å²) in [5.41, 5.74) is 5.36. The molecule has 0 aliphatic carbocycles. The predicted molar refractivity (Wildman–Crippen MR) is 262 cm³/mol. The van der Waals surface area contributed by atoms with Gasteiger partial charge >= 0.3 is 19.8 Å². The van der Waals surface area contributed by atoms with Crippen LogP contribution in [0.2, 0.25) is 0 Å². The number of aliphatic carboxylic acids is 1. The largest absolute Gasteiger partial charge is 0.480 e. The van der Waals surface area contributed by atoms with Crippen LogP contribution in [0.25, 0.3) is 0 Å². The molecule has 0 heterocycles. The SMILES string of the molecule is CC/C=C\C/C=C\C/C=C\C/C=C\C/C=C\CCCCCCCCOCC(COP(=O)(O)OCC(N)C(=O)O)OC(=O)CCCCC/C=C\C/C=C\C/C=C\C/C=C\C/C=C\CC. The van der Waals surface area contributed by atoms with Gasteiger partial charge in [-0.2, -0.15) is 0 Å². The van der Waals surface area contributed by atoms with Gasteiger partial charge in [0.25, 0.3) is 0 Å². The molecule has 0 aromatic heterocycles. The highest BCUT2D eigenvalue weighted by Gasteiger charge is 2.27. The predicted octanol–water partition coefficient (Wildman–Crippen LogP) is 13.6. The standard InChI is InChI=1S/C52H84NO9P/c1-3-5-7-9-11-13-15-17-19-21-23-24-25-27-29-31-33-35-37-39-41-43-45-59-46-49(47-60-63(57,58)61-48-50(53)52(55)56)62-51(54)44-42-40-38-36-34-32-30-28-26-22-20-18-16-14-12-10-8-6-4-2/h5-8,11-14,17-20,23-24,26-29,32,34,49-50H,3-4,9-10,15-16,21-22,25,30-31,33,35-48,53H2,1-2H3,(H,55,56)(H,57,58)/b7-5-,8-6-,13-11-,14-12-,19-17-,20-18-,24-23-,28-26-,29-27-,34-32-. The van der Waals surface area contributed by atoms with Crippen LogP contribution in [-0.4, -0.2) is 60.5 Å². The first kappa shape index (κ1) is 59.4. The Morgan fingerprint density at radius 2 is 0.873 bits per heavy atom. The second kappa shape index (κ2) is 46.4. The lowest BCUT2D eigenvalue weighted by atomic mass is 10.1. The molecule has 0 rings (SSSR count). The second-order valence-electron chi connectivity index (χ2n) is 15.1. The Bertz CT molecular complexity index is 1460. The zero-order chi connectivity index (χ0) is 46.2. The summed E-state index contributed by atoms with van der Waals surface area (Å²) >= 11 is 0. The Morgan fingerprint density at radius 3 is 1.30 bits per heavy atom. The number of phosphoric acid groups is 1. The van der Waals surface area contributed by atoms with E-state index in [9.17, 15) is 19.0 Å². The fourth-order valence-electron chi connectivity index (χ4n) is 5.66. The minimum absolute atomic E-state index is 0.0162. The summed E-state index contributed by atoms with van der Waals surface area (Å²) < 4.78 is 33.4. The Balaban J connectivity index is 4.33. The number of allylic oxidation sites excluding steroid dienone is 20. The minimum atomic E-state index is -4.64. The van der Waals surface area contributed by atoms with Crippen molar-refractivity contribution < 1.29 is 42.7 Å². The molecule has 0 amide bonds. The van der Waals surface area contributed by atoms with Gasteiger partial charge in [-0.1, -0.05) is 167 Å². The molecular formula is C52H84NO9P. The lowest BCUT2D eigenvalue weighted by molar-refractivity contribution is -0.154. The van der Waals surface area contributed by atoms with Crippen molar-refractivity contribution in [3.63, 3.8) is 0 Å². The third kappa shape index (κ3) is 46.2. The van der Waals surface area contributed by atoms with Crippen LogP contribution in [0.1, 0.15) is 155 Å². The molecule has 10 nitrogen and oxygen atoms in total. The lowest BCUT2D eigenvalue weighted by Gasteiger charge is -2.20. The van der Waals surface area contributed by atoms with Crippen molar-refractivity contribution in [1.82, 2.24) is 0 Å². The average molecular weight is 898 g/mol. The highest BCUT2D eigenvalue weighted by atomic mass is 31.2. The molecule has 0 bridgehead atoms. The van der Waals surface area contributed by atoms with Crippen LogP contribution >= 0.6 is 7.82 Å². The zero-order valence-corrected chi connectivity index (χ0v) is 39.8. The lowest BCUT2D eigenvalue weighted by Crippen LogP contribution is -2.34. The number of rotatable bonds is 43. The highest BCUT2D eigenvalue weighted by Crippen LogP contribution is 2.43. The monoisotopic (exact) mass is 898 g/mol. The summed E-state index contributed by atoms with van der Waals surface area (Å²) in [6.45, 7) is 3.55. The van der Waals surface area contributed by atoms with Gasteiger partial charge < -0.3 is 25.2 Å². The Labute approximate surface area is 382 Å². The fraction of sp³-hybridized carbons (Fsp3) is 0.577. The number of carboxylic acids is 1. The third-order valence-corrected chi connectivity index (χ3v) is 10.2. The summed E-state index contributed by atoms with van der Waals surface area (Å²) in [6.07, 6.45) is 63.9. The molecule has 0 radical (unpaired) electrons. The van der Waals surface area contributed by atoms with E-state index < -0.39 is 45.1 Å². The number of phosphoric ester groups is 1. The molecule has 0 fully saturated rings. The van der Waals surface area contributed by atoms with Gasteiger partial charge in [0.2, 0.25) is 0 Å². The zero-order valence-electron chi connectivity index (χ0n) is 38.9. The number of unbranched alkanes of at least 4 members (excludes halogenated alkanes) is 9. The average Bonchev–Trinajstić information content (AvgIpc) is 3.26. The summed E-state index contributed by atoms with van der Waals surface area (Å²) in [7, 11) is -4.64. The first-order valence-electron chi connectivity index (χ1n) is 23.6. The molecule has 356 valence electrons. The molecule has 0 saturated heterocycles. The Hall–Kier alpha value is -3.63. The van der Waals surface area contributed by atoms with Crippen molar-refractivity contribution in [2.75, 3.05) is 26.4 Å². The van der Waals surface area contributed by atoms with E-state index in [0.29, 0.717) is 13.0 Å². The van der Waals surface area contributed by atoms with Crippen molar-refractivity contribution in [2.45, 2.75) is 167 Å². The van der Waals surface area contributed by atoms with Crippen LogP contribution in [0.5, 0.6) is 0 Å². The number of hydrogen-bond acceptors (Lipinski definition) is 8. The molecule has 4 N–H and O–H groups in total. The highest BCUT2D eigenvalue weighted by molar-refractivity contribution is 7.47. The van der Waals surface area contributed by atoms with Gasteiger partial charge in [0, 0.05) is 13.0 Å². The number of hydrogen-bond donors (Lipinski definition) is 3. The van der Waals surface area contributed by atoms with Gasteiger partial charge in [-0.25, -0.2) is 4.57 Å². The van der Waals surface area contributed by atoms with E-state index in [2.05, 4.69) is 135 Å². The fourth-order valence-corrected chi connectivity index (χ4v) is 6.43. The number of nitrogens with two attached hydrogens (primary N) is 1. The van der Waals surface area contributed by atoms with Crippen molar-refractivity contribution >= 4 is 19.8 Å². The second-order valence-corrected chi connectivity index (χ2v) is 16.6. The van der Waals surface area contributed by atoms with Crippen LogP contribution in [0, 0.1) is 0 Å². The maximum absolute atomic E-state index is 12.7.